The molecule has 130 valence electrons. The van der Waals surface area contributed by atoms with E-state index in [1.54, 1.807) is 30.2 Å². The molecule has 3 aromatic rings. The molecule has 0 N–H and O–H groups in total. The molecular formula is C17H17BrN4OS2. The minimum absolute atomic E-state index is 0.613. The summed E-state index contributed by atoms with van der Waals surface area (Å²) in [6.07, 6.45) is 2.47. The van der Waals surface area contributed by atoms with E-state index < -0.39 is 0 Å². The molecule has 2 aromatic heterocycles. The molecule has 1 fully saturated rings. The maximum Gasteiger partial charge on any atom is 0.191 e. The van der Waals surface area contributed by atoms with Crippen molar-refractivity contribution in [1.82, 2.24) is 19.7 Å². The first-order chi connectivity index (χ1) is 12.2. The lowest BCUT2D eigenvalue weighted by atomic mass is 10.2. The fraction of sp³-hybridized carbons (Fsp3) is 0.353. The third-order valence-electron chi connectivity index (χ3n) is 4.10. The number of aromatic nitrogens is 4. The first-order valence-electron chi connectivity index (χ1n) is 7.96. The second-order valence-electron chi connectivity index (χ2n) is 5.95. The van der Waals surface area contributed by atoms with Crippen LogP contribution >= 0.6 is 39.0 Å². The molecule has 4 rings (SSSR count). The van der Waals surface area contributed by atoms with Gasteiger partial charge in [0.05, 0.1) is 18.4 Å². The summed E-state index contributed by atoms with van der Waals surface area (Å²) in [4.78, 5) is 4.77. The van der Waals surface area contributed by atoms with Gasteiger partial charge in [-0.1, -0.05) is 27.7 Å². The van der Waals surface area contributed by atoms with Gasteiger partial charge in [-0.05, 0) is 31.0 Å². The van der Waals surface area contributed by atoms with Gasteiger partial charge in [-0.2, -0.15) is 0 Å². The van der Waals surface area contributed by atoms with E-state index in [4.69, 9.17) is 9.72 Å². The Balaban J connectivity index is 1.49. The van der Waals surface area contributed by atoms with Crippen molar-refractivity contribution in [1.29, 1.82) is 0 Å². The number of nitrogens with zero attached hydrogens (tertiary/aromatic N) is 4. The highest BCUT2D eigenvalue weighted by Crippen LogP contribution is 2.40. The number of hydrogen-bond acceptors (Lipinski definition) is 6. The van der Waals surface area contributed by atoms with Crippen LogP contribution in [0.5, 0.6) is 5.75 Å². The van der Waals surface area contributed by atoms with E-state index in [1.807, 2.05) is 18.2 Å². The lowest BCUT2D eigenvalue weighted by Crippen LogP contribution is -1.97. The van der Waals surface area contributed by atoms with Crippen molar-refractivity contribution in [3.8, 4) is 16.3 Å². The Morgan fingerprint density at radius 3 is 2.96 bits per heavy atom. The van der Waals surface area contributed by atoms with Gasteiger partial charge in [-0.15, -0.1) is 21.5 Å². The fourth-order valence-electron chi connectivity index (χ4n) is 2.63. The average molecular weight is 437 g/mol. The minimum atomic E-state index is 0.613. The predicted octanol–water partition coefficient (Wildman–Crippen LogP) is 4.88. The minimum Gasteiger partial charge on any atom is -0.496 e. The second kappa shape index (κ2) is 7.09. The van der Waals surface area contributed by atoms with Gasteiger partial charge >= 0.3 is 0 Å². The molecule has 0 radical (unpaired) electrons. The Morgan fingerprint density at radius 2 is 2.20 bits per heavy atom. The van der Waals surface area contributed by atoms with Gasteiger partial charge in [0.15, 0.2) is 5.16 Å². The molecule has 1 aliphatic rings. The Bertz CT molecular complexity index is 904. The van der Waals surface area contributed by atoms with E-state index in [0.717, 1.165) is 43.2 Å². The van der Waals surface area contributed by atoms with Crippen molar-refractivity contribution in [2.45, 2.75) is 29.7 Å². The molecule has 0 atom stereocenters. The maximum atomic E-state index is 5.46. The van der Waals surface area contributed by atoms with Crippen molar-refractivity contribution in [2.24, 2.45) is 7.05 Å². The van der Waals surface area contributed by atoms with Gasteiger partial charge < -0.3 is 9.30 Å². The van der Waals surface area contributed by atoms with E-state index in [1.165, 1.54) is 12.8 Å². The maximum absolute atomic E-state index is 5.46. The number of benzene rings is 1. The average Bonchev–Trinajstić information content (AvgIpc) is 3.23. The van der Waals surface area contributed by atoms with Crippen LogP contribution in [0.15, 0.2) is 33.2 Å². The zero-order valence-corrected chi connectivity index (χ0v) is 17.1. The standard InChI is InChI=1S/C17H17BrN4OS2/c1-22-15(10-3-4-10)20-21-17(22)25-9-12-8-24-16(19-12)13-7-11(18)5-6-14(13)23-2/h5-8,10H,3-4,9H2,1-2H3. The summed E-state index contributed by atoms with van der Waals surface area (Å²) in [5, 5.41) is 12.7. The zero-order valence-electron chi connectivity index (χ0n) is 13.9. The highest BCUT2D eigenvalue weighted by Gasteiger charge is 2.29. The molecular weight excluding hydrogens is 420 g/mol. The van der Waals surface area contributed by atoms with Crippen LogP contribution in [-0.4, -0.2) is 26.9 Å². The van der Waals surface area contributed by atoms with E-state index >= 15 is 0 Å². The van der Waals surface area contributed by atoms with Crippen molar-refractivity contribution in [2.75, 3.05) is 7.11 Å². The van der Waals surface area contributed by atoms with Crippen molar-refractivity contribution < 1.29 is 4.74 Å². The summed E-state index contributed by atoms with van der Waals surface area (Å²) in [6.45, 7) is 0. The summed E-state index contributed by atoms with van der Waals surface area (Å²) < 4.78 is 8.59. The van der Waals surface area contributed by atoms with Gasteiger partial charge in [0.1, 0.15) is 16.6 Å². The molecule has 5 nitrogen and oxygen atoms in total. The van der Waals surface area contributed by atoms with Gasteiger partial charge in [0, 0.05) is 28.6 Å². The fourth-order valence-corrected chi connectivity index (χ4v) is 4.75. The number of rotatable bonds is 6. The summed E-state index contributed by atoms with van der Waals surface area (Å²) in [5.41, 5.74) is 2.05. The smallest absolute Gasteiger partial charge is 0.191 e. The molecule has 2 heterocycles. The second-order valence-corrected chi connectivity index (χ2v) is 8.67. The summed E-state index contributed by atoms with van der Waals surface area (Å²) in [5.74, 6) is 3.34. The highest BCUT2D eigenvalue weighted by molar-refractivity contribution is 9.10. The summed E-state index contributed by atoms with van der Waals surface area (Å²) >= 11 is 6.83. The molecule has 1 aliphatic carbocycles. The van der Waals surface area contributed by atoms with Crippen LogP contribution in [-0.2, 0) is 12.8 Å². The molecule has 1 saturated carbocycles. The Kier molecular flexibility index (Phi) is 4.84. The zero-order chi connectivity index (χ0) is 17.4. The van der Waals surface area contributed by atoms with Crippen molar-refractivity contribution in [3.63, 3.8) is 0 Å². The molecule has 0 bridgehead atoms. The molecule has 1 aromatic carbocycles. The summed E-state index contributed by atoms with van der Waals surface area (Å²) in [7, 11) is 3.73. The normalized spacial score (nSPS) is 14.0. The molecule has 0 spiro atoms. The van der Waals surface area contributed by atoms with Crippen LogP contribution < -0.4 is 4.74 Å². The van der Waals surface area contributed by atoms with Gasteiger partial charge in [0.2, 0.25) is 0 Å². The first-order valence-corrected chi connectivity index (χ1v) is 10.6. The lowest BCUT2D eigenvalue weighted by Gasteiger charge is -2.06. The van der Waals surface area contributed by atoms with Crippen molar-refractivity contribution >= 4 is 39.0 Å². The molecule has 0 aliphatic heterocycles. The number of ether oxygens (including phenoxy) is 1. The van der Waals surface area contributed by atoms with Gasteiger partial charge in [-0.3, -0.25) is 0 Å². The van der Waals surface area contributed by atoms with Crippen LogP contribution in [0.25, 0.3) is 10.6 Å². The number of methoxy groups -OCH3 is 1. The largest absolute Gasteiger partial charge is 0.496 e. The third-order valence-corrected chi connectivity index (χ3v) is 6.58. The monoisotopic (exact) mass is 436 g/mol. The van der Waals surface area contributed by atoms with Gasteiger partial charge in [-0.25, -0.2) is 4.98 Å². The number of thiazole rings is 1. The Hall–Kier alpha value is -1.38. The SMILES string of the molecule is COc1ccc(Br)cc1-c1nc(CSc2nnc(C3CC3)n2C)cs1. The van der Waals surface area contributed by atoms with Crippen LogP contribution in [0.4, 0.5) is 0 Å². The van der Waals surface area contributed by atoms with E-state index in [9.17, 15) is 0 Å². The van der Waals surface area contributed by atoms with Crippen LogP contribution in [0.3, 0.4) is 0 Å². The number of halogens is 1. The van der Waals surface area contributed by atoms with Crippen molar-refractivity contribution in [3.05, 3.63) is 39.6 Å². The quantitative estimate of drug-likeness (QED) is 0.515. The molecule has 25 heavy (non-hydrogen) atoms. The van der Waals surface area contributed by atoms with E-state index in [2.05, 4.69) is 43.1 Å². The number of thioether (sulfide) groups is 1. The number of hydrogen-bond donors (Lipinski definition) is 0. The highest BCUT2D eigenvalue weighted by atomic mass is 79.9. The Morgan fingerprint density at radius 1 is 1.36 bits per heavy atom. The molecule has 0 unspecified atom stereocenters. The van der Waals surface area contributed by atoms with Crippen LogP contribution in [0.1, 0.15) is 30.3 Å². The predicted molar refractivity (Wildman–Crippen MR) is 104 cm³/mol. The lowest BCUT2D eigenvalue weighted by molar-refractivity contribution is 0.416. The molecule has 8 heteroatoms. The van der Waals surface area contributed by atoms with E-state index in [0.29, 0.717) is 5.92 Å². The Labute approximate surface area is 163 Å². The third kappa shape index (κ3) is 3.61. The first kappa shape index (κ1) is 17.1. The van der Waals surface area contributed by atoms with Crippen LogP contribution in [0, 0.1) is 0 Å². The molecule has 0 saturated heterocycles. The van der Waals surface area contributed by atoms with E-state index in [-0.39, 0.29) is 0 Å². The van der Waals surface area contributed by atoms with Crippen LogP contribution in [0.2, 0.25) is 0 Å². The summed E-state index contributed by atoms with van der Waals surface area (Å²) in [6, 6.07) is 5.96. The van der Waals surface area contributed by atoms with Gasteiger partial charge in [0.25, 0.3) is 0 Å². The molecule has 0 amide bonds. The topological polar surface area (TPSA) is 52.8 Å².